The maximum atomic E-state index is 14.8. The van der Waals surface area contributed by atoms with Crippen LogP contribution in [0.25, 0.3) is 0 Å². The molecular weight excluding hydrogens is 403 g/mol. The number of aryl methyl sites for hydroxylation is 1. The average Bonchev–Trinajstić information content (AvgIpc) is 3.31. The van der Waals surface area contributed by atoms with E-state index in [1.165, 1.54) is 6.07 Å². The molecule has 1 aliphatic carbocycles. The monoisotopic (exact) mass is 426 g/mol. The topological polar surface area (TPSA) is 88.1 Å². The largest absolute Gasteiger partial charge is 0.465 e. The van der Waals surface area contributed by atoms with Crippen LogP contribution in [0.5, 0.6) is 11.5 Å². The molecule has 2 aromatic rings. The summed E-state index contributed by atoms with van der Waals surface area (Å²) in [5, 5.41) is 12.4. The highest BCUT2D eigenvalue weighted by atomic mass is 19.1. The second-order valence-corrected chi connectivity index (χ2v) is 8.86. The van der Waals surface area contributed by atoms with Gasteiger partial charge in [-0.1, -0.05) is 19.9 Å². The molecule has 2 aliphatic heterocycles. The van der Waals surface area contributed by atoms with Crippen LogP contribution in [0.15, 0.2) is 24.3 Å². The molecular formula is C23H23FN2O5. The summed E-state index contributed by atoms with van der Waals surface area (Å²) in [6, 6.07) is 5.43. The van der Waals surface area contributed by atoms with Crippen LogP contribution in [0.2, 0.25) is 0 Å². The maximum Gasteiger partial charge on any atom is 0.408 e. The number of rotatable bonds is 2. The number of nitrogens with zero attached hydrogens (tertiary/aromatic N) is 1. The number of carbonyl (C=O) groups is 2. The fraction of sp³-hybridized carbons (Fsp3) is 0.391. The number of ether oxygens (including phenoxy) is 2. The number of amides is 2. The molecule has 0 bridgehead atoms. The van der Waals surface area contributed by atoms with E-state index in [9.17, 15) is 19.1 Å². The van der Waals surface area contributed by atoms with Crippen molar-refractivity contribution in [2.45, 2.75) is 44.6 Å². The predicted octanol–water partition coefficient (Wildman–Crippen LogP) is 3.99. The number of carbonyl (C=O) groups excluding carboxylic acids is 1. The molecule has 5 rings (SSSR count). The molecule has 1 atom stereocenters. The van der Waals surface area contributed by atoms with Gasteiger partial charge in [-0.05, 0) is 59.6 Å². The first-order valence-electron chi connectivity index (χ1n) is 10.3. The minimum absolute atomic E-state index is 0.0933. The molecule has 2 N–H and O–H groups in total. The third-order valence-electron chi connectivity index (χ3n) is 6.52. The van der Waals surface area contributed by atoms with Gasteiger partial charge in [0, 0.05) is 17.8 Å². The third-order valence-corrected chi connectivity index (χ3v) is 6.52. The zero-order chi connectivity index (χ0) is 21.9. The Bertz CT molecular complexity index is 1110. The van der Waals surface area contributed by atoms with Gasteiger partial charge in [-0.15, -0.1) is 0 Å². The van der Waals surface area contributed by atoms with Crippen molar-refractivity contribution < 1.29 is 28.6 Å². The highest BCUT2D eigenvalue weighted by Crippen LogP contribution is 2.44. The van der Waals surface area contributed by atoms with E-state index in [1.807, 2.05) is 13.8 Å². The highest BCUT2D eigenvalue weighted by Gasteiger charge is 2.39. The van der Waals surface area contributed by atoms with Crippen LogP contribution >= 0.6 is 0 Å². The Morgan fingerprint density at radius 1 is 1.23 bits per heavy atom. The summed E-state index contributed by atoms with van der Waals surface area (Å²) >= 11 is 0. The van der Waals surface area contributed by atoms with Crippen molar-refractivity contribution >= 4 is 17.7 Å². The van der Waals surface area contributed by atoms with Gasteiger partial charge in [-0.3, -0.25) is 9.69 Å². The van der Waals surface area contributed by atoms with Gasteiger partial charge in [0.25, 0.3) is 5.91 Å². The van der Waals surface area contributed by atoms with E-state index in [2.05, 4.69) is 5.32 Å². The van der Waals surface area contributed by atoms with Gasteiger partial charge >= 0.3 is 6.09 Å². The molecule has 0 unspecified atom stereocenters. The number of carboxylic acid groups (broad SMARTS) is 1. The van der Waals surface area contributed by atoms with Gasteiger partial charge in [-0.2, -0.15) is 0 Å². The van der Waals surface area contributed by atoms with Gasteiger partial charge in [0.2, 0.25) is 6.79 Å². The summed E-state index contributed by atoms with van der Waals surface area (Å²) in [7, 11) is 0. The summed E-state index contributed by atoms with van der Waals surface area (Å²) in [6.07, 6.45) is 0.804. The van der Waals surface area contributed by atoms with Crippen molar-refractivity contribution in [3.63, 3.8) is 0 Å². The summed E-state index contributed by atoms with van der Waals surface area (Å²) < 4.78 is 25.8. The van der Waals surface area contributed by atoms with Crippen LogP contribution in [0.3, 0.4) is 0 Å². The zero-order valence-electron chi connectivity index (χ0n) is 17.3. The van der Waals surface area contributed by atoms with Gasteiger partial charge in [0.1, 0.15) is 11.9 Å². The first-order valence-corrected chi connectivity index (χ1v) is 10.3. The molecule has 31 heavy (non-hydrogen) atoms. The van der Waals surface area contributed by atoms with Crippen LogP contribution in [0.4, 0.5) is 14.9 Å². The Balaban J connectivity index is 1.50. The minimum Gasteiger partial charge on any atom is -0.465 e. The van der Waals surface area contributed by atoms with Gasteiger partial charge in [0.05, 0.1) is 0 Å². The summed E-state index contributed by atoms with van der Waals surface area (Å²) in [5.41, 5.74) is 2.98. The lowest BCUT2D eigenvalue weighted by atomic mass is 9.86. The standard InChI is InChI=1S/C23H23FN2O5/c1-23(2)7-5-12-9-13(10-16(24)18(12)23)25-21(27)19-14-3-4-17-20(31-11-30-17)15(14)6-8-26(19)22(28)29/h3-4,9-10,19H,5-8,11H2,1-2H3,(H,25,27)(H,28,29)/t19-/m1/s1. The Hall–Kier alpha value is -3.29. The number of nitrogens with one attached hydrogen (secondary N) is 1. The summed E-state index contributed by atoms with van der Waals surface area (Å²) in [6.45, 7) is 4.26. The minimum atomic E-state index is -1.19. The smallest absolute Gasteiger partial charge is 0.408 e. The van der Waals surface area contributed by atoms with E-state index in [-0.39, 0.29) is 24.6 Å². The van der Waals surface area contributed by atoms with E-state index in [0.29, 0.717) is 34.7 Å². The molecule has 2 aromatic carbocycles. The molecule has 162 valence electrons. The van der Waals surface area contributed by atoms with Crippen LogP contribution in [-0.4, -0.2) is 35.3 Å². The molecule has 2 amide bonds. The number of benzene rings is 2. The number of halogens is 1. The van der Waals surface area contributed by atoms with Gasteiger partial charge < -0.3 is 19.9 Å². The lowest BCUT2D eigenvalue weighted by Gasteiger charge is -2.34. The predicted molar refractivity (Wildman–Crippen MR) is 110 cm³/mol. The van der Waals surface area contributed by atoms with Crippen LogP contribution in [0, 0.1) is 5.82 Å². The Kier molecular flexibility index (Phi) is 4.35. The SMILES string of the molecule is CC1(C)CCc2cc(NC(=O)[C@H]3c4ccc5c(c4CCN3C(=O)O)OCO5)cc(F)c21. The van der Waals surface area contributed by atoms with Crippen molar-refractivity contribution in [3.8, 4) is 11.5 Å². The zero-order valence-corrected chi connectivity index (χ0v) is 17.3. The lowest BCUT2D eigenvalue weighted by molar-refractivity contribution is -0.121. The Morgan fingerprint density at radius 2 is 2.03 bits per heavy atom. The fourth-order valence-electron chi connectivity index (χ4n) is 5.05. The summed E-state index contributed by atoms with van der Waals surface area (Å²) in [5.74, 6) is 0.271. The van der Waals surface area contributed by atoms with Gasteiger partial charge in [0.15, 0.2) is 11.5 Å². The van der Waals surface area contributed by atoms with E-state index >= 15 is 0 Å². The third kappa shape index (κ3) is 3.08. The van der Waals surface area contributed by atoms with Crippen LogP contribution in [-0.2, 0) is 23.1 Å². The van der Waals surface area contributed by atoms with E-state index in [4.69, 9.17) is 9.47 Å². The van der Waals surface area contributed by atoms with Crippen molar-refractivity contribution in [3.05, 3.63) is 52.3 Å². The second-order valence-electron chi connectivity index (χ2n) is 8.86. The number of anilines is 1. The summed E-state index contributed by atoms with van der Waals surface area (Å²) in [4.78, 5) is 26.3. The Morgan fingerprint density at radius 3 is 2.81 bits per heavy atom. The quantitative estimate of drug-likeness (QED) is 0.758. The van der Waals surface area contributed by atoms with Gasteiger partial charge in [-0.25, -0.2) is 9.18 Å². The van der Waals surface area contributed by atoms with E-state index < -0.39 is 18.0 Å². The van der Waals surface area contributed by atoms with Crippen molar-refractivity contribution in [1.82, 2.24) is 4.90 Å². The molecule has 8 heteroatoms. The Labute approximate surface area is 178 Å². The molecule has 0 radical (unpaired) electrons. The first-order chi connectivity index (χ1) is 14.8. The van der Waals surface area contributed by atoms with Crippen LogP contribution < -0.4 is 14.8 Å². The maximum absolute atomic E-state index is 14.8. The first kappa shape index (κ1) is 19.7. The molecule has 0 spiro atoms. The molecule has 7 nitrogen and oxygen atoms in total. The highest BCUT2D eigenvalue weighted by molar-refractivity contribution is 5.98. The normalized spacial score (nSPS) is 20.2. The number of fused-ring (bicyclic) bond motifs is 4. The molecule has 0 saturated carbocycles. The van der Waals surface area contributed by atoms with Crippen molar-refractivity contribution in [2.75, 3.05) is 18.7 Å². The molecule has 0 fully saturated rings. The van der Waals surface area contributed by atoms with E-state index in [0.717, 1.165) is 28.9 Å². The van der Waals surface area contributed by atoms with E-state index in [1.54, 1.807) is 18.2 Å². The van der Waals surface area contributed by atoms with Crippen molar-refractivity contribution in [2.24, 2.45) is 0 Å². The molecule has 3 aliphatic rings. The molecule has 2 heterocycles. The lowest BCUT2D eigenvalue weighted by Crippen LogP contribution is -2.44. The van der Waals surface area contributed by atoms with Crippen LogP contribution in [0.1, 0.15) is 48.6 Å². The molecule has 0 saturated heterocycles. The fourth-order valence-corrected chi connectivity index (χ4v) is 5.05. The number of hydrogen-bond acceptors (Lipinski definition) is 4. The average molecular weight is 426 g/mol. The second kappa shape index (κ2) is 6.87. The van der Waals surface area contributed by atoms with Crippen molar-refractivity contribution in [1.29, 1.82) is 0 Å². The number of hydrogen-bond donors (Lipinski definition) is 2. The molecule has 0 aromatic heterocycles.